The highest BCUT2D eigenvalue weighted by molar-refractivity contribution is 14.1. The number of thioether (sulfide) groups is 1. The van der Waals surface area contributed by atoms with Gasteiger partial charge in [0.15, 0.2) is 0 Å². The Morgan fingerprint density at radius 1 is 1.21 bits per heavy atom. The molecule has 150 valence electrons. The topological polar surface area (TPSA) is 83.9 Å². The number of carbonyl (C=O) groups excluding carboxylic acids is 2. The summed E-state index contributed by atoms with van der Waals surface area (Å²) in [6, 6.07) is 12.1. The molecule has 1 heterocycles. The zero-order chi connectivity index (χ0) is 21.0. The van der Waals surface area contributed by atoms with Crippen LogP contribution in [0.5, 0.6) is 5.75 Å². The number of nitrogens with zero attached hydrogens (tertiary/aromatic N) is 1. The number of halogens is 1. The van der Waals surface area contributed by atoms with Gasteiger partial charge in [-0.1, -0.05) is 25.1 Å². The van der Waals surface area contributed by atoms with Gasteiger partial charge in [0.1, 0.15) is 12.4 Å². The monoisotopic (exact) mass is 523 g/mol. The number of hydrogen-bond donors (Lipinski definition) is 1. The lowest BCUT2D eigenvalue weighted by molar-refractivity contribution is -0.122. The molecule has 0 aliphatic carbocycles. The quantitative estimate of drug-likeness (QED) is 0.406. The molecule has 0 atom stereocenters. The first kappa shape index (κ1) is 21.4. The molecule has 1 N–H and O–H groups in total. The number of aromatic carboxylic acids is 1. The van der Waals surface area contributed by atoms with Crippen molar-refractivity contribution in [1.82, 2.24) is 4.90 Å². The molecule has 0 unspecified atom stereocenters. The number of benzene rings is 2. The van der Waals surface area contributed by atoms with Crippen LogP contribution in [0.4, 0.5) is 4.79 Å². The first-order chi connectivity index (χ1) is 13.9. The van der Waals surface area contributed by atoms with Crippen LogP contribution in [0.3, 0.4) is 0 Å². The number of ether oxygens (including phenoxy) is 1. The maximum atomic E-state index is 12.3. The first-order valence-electron chi connectivity index (χ1n) is 8.89. The van der Waals surface area contributed by atoms with Crippen molar-refractivity contribution in [2.24, 2.45) is 0 Å². The highest BCUT2D eigenvalue weighted by atomic mass is 127. The van der Waals surface area contributed by atoms with Crippen molar-refractivity contribution in [2.45, 2.75) is 20.0 Å². The summed E-state index contributed by atoms with van der Waals surface area (Å²) < 4.78 is 6.69. The summed E-state index contributed by atoms with van der Waals surface area (Å²) in [5.41, 5.74) is 1.91. The van der Waals surface area contributed by atoms with E-state index in [1.165, 1.54) is 4.90 Å². The van der Waals surface area contributed by atoms with Crippen LogP contribution in [0.1, 0.15) is 34.8 Å². The minimum atomic E-state index is -0.963. The molecular weight excluding hydrogens is 505 g/mol. The van der Waals surface area contributed by atoms with Crippen LogP contribution < -0.4 is 4.74 Å². The largest absolute Gasteiger partial charge is 0.488 e. The standard InChI is InChI=1S/C21H18INO5S/c1-2-9-23-19(24)18(29-21(23)27)11-14-5-8-17(16(22)10-14)28-12-13-3-6-15(7-4-13)20(25)26/h3-8,10-11H,2,9,12H2,1H3,(H,25,26)/b18-11+. The summed E-state index contributed by atoms with van der Waals surface area (Å²) in [4.78, 5) is 36.9. The molecule has 8 heteroatoms. The molecule has 29 heavy (non-hydrogen) atoms. The van der Waals surface area contributed by atoms with E-state index in [0.717, 1.165) is 32.9 Å². The fourth-order valence-corrected chi connectivity index (χ4v) is 4.26. The molecule has 2 amide bonds. The van der Waals surface area contributed by atoms with Crippen LogP contribution in [-0.2, 0) is 11.4 Å². The molecule has 3 rings (SSSR count). The molecule has 0 saturated carbocycles. The average molecular weight is 523 g/mol. The average Bonchev–Trinajstić information content (AvgIpc) is 2.95. The Kier molecular flexibility index (Phi) is 6.96. The van der Waals surface area contributed by atoms with Crippen molar-refractivity contribution >= 4 is 57.5 Å². The van der Waals surface area contributed by atoms with Gasteiger partial charge in [0.25, 0.3) is 11.1 Å². The normalized spacial score (nSPS) is 15.2. The Balaban J connectivity index is 1.68. The molecule has 0 bridgehead atoms. The SMILES string of the molecule is CCCN1C(=O)S/C(=C/c2ccc(OCc3ccc(C(=O)O)cc3)c(I)c2)C1=O. The molecule has 6 nitrogen and oxygen atoms in total. The van der Waals surface area contributed by atoms with Crippen LogP contribution >= 0.6 is 34.4 Å². The molecule has 0 spiro atoms. The summed E-state index contributed by atoms with van der Waals surface area (Å²) in [5, 5.41) is 8.71. The van der Waals surface area contributed by atoms with Gasteiger partial charge in [-0.2, -0.15) is 0 Å². The van der Waals surface area contributed by atoms with E-state index in [4.69, 9.17) is 9.84 Å². The van der Waals surface area contributed by atoms with Crippen molar-refractivity contribution in [3.63, 3.8) is 0 Å². The maximum Gasteiger partial charge on any atom is 0.335 e. The second-order valence-electron chi connectivity index (χ2n) is 6.31. The molecule has 2 aromatic rings. The molecule has 1 fully saturated rings. The van der Waals surface area contributed by atoms with Gasteiger partial charge in [-0.05, 0) is 82.2 Å². The van der Waals surface area contributed by atoms with Gasteiger partial charge in [-0.3, -0.25) is 14.5 Å². The number of rotatable bonds is 7. The fraction of sp³-hybridized carbons (Fsp3) is 0.190. The number of carbonyl (C=O) groups is 3. The van der Waals surface area contributed by atoms with E-state index in [2.05, 4.69) is 22.6 Å². The Hall–Kier alpha value is -2.33. The predicted octanol–water partition coefficient (Wildman–Crippen LogP) is 5.01. The first-order valence-corrected chi connectivity index (χ1v) is 10.8. The number of carboxylic acid groups (broad SMARTS) is 1. The van der Waals surface area contributed by atoms with Crippen LogP contribution in [0.15, 0.2) is 47.4 Å². The molecular formula is C21H18INO5S. The Morgan fingerprint density at radius 2 is 1.93 bits per heavy atom. The summed E-state index contributed by atoms with van der Waals surface area (Å²) in [6.45, 7) is 2.67. The van der Waals surface area contributed by atoms with Gasteiger partial charge < -0.3 is 9.84 Å². The van der Waals surface area contributed by atoms with E-state index in [9.17, 15) is 14.4 Å². The Bertz CT molecular complexity index is 987. The number of imide groups is 1. The van der Waals surface area contributed by atoms with Crippen LogP contribution in [0.25, 0.3) is 6.08 Å². The van der Waals surface area contributed by atoms with Gasteiger partial charge in [-0.25, -0.2) is 4.79 Å². The molecule has 1 saturated heterocycles. The van der Waals surface area contributed by atoms with Crippen molar-refractivity contribution in [2.75, 3.05) is 6.54 Å². The van der Waals surface area contributed by atoms with Crippen LogP contribution in [-0.4, -0.2) is 33.7 Å². The lowest BCUT2D eigenvalue weighted by Crippen LogP contribution is -2.28. The Labute approximate surface area is 186 Å². The number of amides is 2. The van der Waals surface area contributed by atoms with Crippen molar-refractivity contribution in [3.05, 3.63) is 67.6 Å². The van der Waals surface area contributed by atoms with Gasteiger partial charge in [-0.15, -0.1) is 0 Å². The van der Waals surface area contributed by atoms with Crippen molar-refractivity contribution in [3.8, 4) is 5.75 Å². The van der Waals surface area contributed by atoms with E-state index >= 15 is 0 Å². The van der Waals surface area contributed by atoms with Gasteiger partial charge in [0.05, 0.1) is 14.0 Å². The van der Waals surface area contributed by atoms with Crippen LogP contribution in [0.2, 0.25) is 0 Å². The van der Waals surface area contributed by atoms with E-state index in [1.54, 1.807) is 30.3 Å². The van der Waals surface area contributed by atoms with Gasteiger partial charge >= 0.3 is 5.97 Å². The van der Waals surface area contributed by atoms with E-state index in [-0.39, 0.29) is 16.7 Å². The molecule has 0 radical (unpaired) electrons. The fourth-order valence-electron chi connectivity index (χ4n) is 2.70. The summed E-state index contributed by atoms with van der Waals surface area (Å²) in [7, 11) is 0. The number of carboxylic acids is 1. The zero-order valence-corrected chi connectivity index (χ0v) is 18.5. The minimum absolute atomic E-state index is 0.230. The van der Waals surface area contributed by atoms with Gasteiger partial charge in [0, 0.05) is 6.54 Å². The molecule has 2 aromatic carbocycles. The predicted molar refractivity (Wildman–Crippen MR) is 120 cm³/mol. The lowest BCUT2D eigenvalue weighted by atomic mass is 10.1. The van der Waals surface area contributed by atoms with Crippen molar-refractivity contribution in [1.29, 1.82) is 0 Å². The van der Waals surface area contributed by atoms with Gasteiger partial charge in [0.2, 0.25) is 0 Å². The minimum Gasteiger partial charge on any atom is -0.488 e. The molecule has 1 aliphatic heterocycles. The summed E-state index contributed by atoms with van der Waals surface area (Å²) in [6.07, 6.45) is 2.45. The lowest BCUT2D eigenvalue weighted by Gasteiger charge is -2.10. The van der Waals surface area contributed by atoms with E-state index in [0.29, 0.717) is 23.8 Å². The third kappa shape index (κ3) is 5.18. The second kappa shape index (κ2) is 9.45. The second-order valence-corrected chi connectivity index (χ2v) is 8.47. The Morgan fingerprint density at radius 3 is 2.55 bits per heavy atom. The van der Waals surface area contributed by atoms with E-state index < -0.39 is 5.97 Å². The maximum absolute atomic E-state index is 12.3. The highest BCUT2D eigenvalue weighted by Gasteiger charge is 2.34. The number of hydrogen-bond acceptors (Lipinski definition) is 5. The molecule has 1 aliphatic rings. The smallest absolute Gasteiger partial charge is 0.335 e. The summed E-state index contributed by atoms with van der Waals surface area (Å²) in [5.74, 6) is -0.527. The summed E-state index contributed by atoms with van der Waals surface area (Å²) >= 11 is 3.12. The van der Waals surface area contributed by atoms with E-state index in [1.807, 2.05) is 25.1 Å². The third-order valence-electron chi connectivity index (χ3n) is 4.17. The highest BCUT2D eigenvalue weighted by Crippen LogP contribution is 2.33. The third-order valence-corrected chi connectivity index (χ3v) is 5.92. The van der Waals surface area contributed by atoms with Crippen LogP contribution in [0, 0.1) is 3.57 Å². The molecule has 0 aromatic heterocycles. The van der Waals surface area contributed by atoms with Crippen molar-refractivity contribution < 1.29 is 24.2 Å². The zero-order valence-electron chi connectivity index (χ0n) is 15.6.